The van der Waals surface area contributed by atoms with Gasteiger partial charge < -0.3 is 19.5 Å². The van der Waals surface area contributed by atoms with Crippen molar-refractivity contribution in [2.45, 2.75) is 38.8 Å². The minimum Gasteiger partial charge on any atom is -0.388 e. The maximum Gasteiger partial charge on any atom is 0.437 e. The Labute approximate surface area is 193 Å². The number of fused-ring (bicyclic) bond motifs is 3. The maximum atomic E-state index is 13.6. The number of rotatable bonds is 6. The Bertz CT molecular complexity index is 1280. The third-order valence-corrected chi connectivity index (χ3v) is 5.94. The molecule has 1 aromatic carbocycles. The van der Waals surface area contributed by atoms with Crippen LogP contribution in [0.2, 0.25) is 0 Å². The van der Waals surface area contributed by atoms with E-state index < -0.39 is 18.7 Å². The first-order valence-corrected chi connectivity index (χ1v) is 11.1. The first-order valence-electron chi connectivity index (χ1n) is 11.1. The standard InChI is InChI=1S/C22H23F2N7O3/c1-2-25-21-26-10-16-18(27-21)29-8-4-7-15(29)11-30(20(16)32)14-6-3-5-13(9-14)19-28-31(12-17(23)24)22(33)34-19/h3,5-6,9-10,15,17H,2,4,7-8,11-12H2,1H3,(H,25,26,27). The Morgan fingerprint density at radius 3 is 2.94 bits per heavy atom. The van der Waals surface area contributed by atoms with Crippen molar-refractivity contribution in [1.29, 1.82) is 0 Å². The average Bonchev–Trinajstić information content (AvgIpc) is 3.41. The van der Waals surface area contributed by atoms with Crippen LogP contribution in [0.4, 0.5) is 26.2 Å². The number of anilines is 3. The number of nitrogens with zero attached hydrogens (tertiary/aromatic N) is 6. The molecule has 0 bridgehead atoms. The predicted molar refractivity (Wildman–Crippen MR) is 120 cm³/mol. The molecule has 0 aliphatic carbocycles. The zero-order chi connectivity index (χ0) is 23.8. The van der Waals surface area contributed by atoms with Crippen molar-refractivity contribution in [2.75, 3.05) is 34.8 Å². The monoisotopic (exact) mass is 471 g/mol. The van der Waals surface area contributed by atoms with Crippen molar-refractivity contribution < 1.29 is 18.0 Å². The molecule has 1 atom stereocenters. The Hall–Kier alpha value is -3.83. The lowest BCUT2D eigenvalue weighted by atomic mass is 10.1. The molecule has 1 amide bonds. The Balaban J connectivity index is 1.52. The molecule has 0 radical (unpaired) electrons. The smallest absolute Gasteiger partial charge is 0.388 e. The number of benzene rings is 1. The van der Waals surface area contributed by atoms with Crippen molar-refractivity contribution in [3.05, 3.63) is 46.6 Å². The molecule has 4 heterocycles. The number of carbonyl (C=O) groups excluding carboxylic acids is 1. The van der Waals surface area contributed by atoms with Gasteiger partial charge >= 0.3 is 5.76 Å². The van der Waals surface area contributed by atoms with Gasteiger partial charge in [0.1, 0.15) is 17.9 Å². The molecule has 1 saturated heterocycles. The molecule has 1 N–H and O–H groups in total. The van der Waals surface area contributed by atoms with E-state index in [1.54, 1.807) is 35.4 Å². The number of nitrogens with one attached hydrogen (secondary N) is 1. The minimum absolute atomic E-state index is 0.0846. The second-order valence-corrected chi connectivity index (χ2v) is 8.16. The van der Waals surface area contributed by atoms with E-state index >= 15 is 0 Å². The molecule has 12 heteroatoms. The number of amides is 1. The predicted octanol–water partition coefficient (Wildman–Crippen LogP) is 2.62. The third-order valence-electron chi connectivity index (χ3n) is 5.94. The van der Waals surface area contributed by atoms with Gasteiger partial charge in [-0.3, -0.25) is 4.79 Å². The topological polar surface area (TPSA) is 109 Å². The highest BCUT2D eigenvalue weighted by Gasteiger charge is 2.37. The van der Waals surface area contributed by atoms with Crippen LogP contribution >= 0.6 is 0 Å². The molecular weight excluding hydrogens is 448 g/mol. The van der Waals surface area contributed by atoms with Crippen molar-refractivity contribution in [2.24, 2.45) is 0 Å². The Morgan fingerprint density at radius 2 is 2.15 bits per heavy atom. The zero-order valence-corrected chi connectivity index (χ0v) is 18.4. The number of aromatic nitrogens is 4. The van der Waals surface area contributed by atoms with Gasteiger partial charge in [-0.1, -0.05) is 6.07 Å². The minimum atomic E-state index is -2.73. The number of halogens is 2. The lowest BCUT2D eigenvalue weighted by molar-refractivity contribution is 0.0988. The largest absolute Gasteiger partial charge is 0.437 e. The van der Waals surface area contributed by atoms with Gasteiger partial charge in [0.25, 0.3) is 12.3 Å². The van der Waals surface area contributed by atoms with Crippen molar-refractivity contribution in [3.8, 4) is 11.5 Å². The lowest BCUT2D eigenvalue weighted by Crippen LogP contribution is -2.39. The fourth-order valence-corrected chi connectivity index (χ4v) is 4.43. The number of hydrogen-bond donors (Lipinski definition) is 1. The Kier molecular flexibility index (Phi) is 5.72. The molecule has 5 rings (SSSR count). The van der Waals surface area contributed by atoms with Crippen molar-refractivity contribution >= 4 is 23.4 Å². The SMILES string of the molecule is CCNc1ncc2c(n1)N1CCCC1CN(c1cccc(-c3nn(CC(F)F)c(=O)o3)c1)C2=O. The molecule has 10 nitrogen and oxygen atoms in total. The summed E-state index contributed by atoms with van der Waals surface area (Å²) in [5.41, 5.74) is 1.38. The van der Waals surface area contributed by atoms with E-state index in [-0.39, 0.29) is 17.8 Å². The summed E-state index contributed by atoms with van der Waals surface area (Å²) in [6.07, 6.45) is 0.711. The van der Waals surface area contributed by atoms with Gasteiger partial charge in [-0.05, 0) is 38.0 Å². The van der Waals surface area contributed by atoms with Crippen LogP contribution in [0.3, 0.4) is 0 Å². The fourth-order valence-electron chi connectivity index (χ4n) is 4.43. The molecule has 2 aromatic heterocycles. The maximum absolute atomic E-state index is 13.6. The van der Waals surface area contributed by atoms with E-state index in [0.717, 1.165) is 19.4 Å². The van der Waals surface area contributed by atoms with Crippen molar-refractivity contribution in [3.63, 3.8) is 0 Å². The van der Waals surface area contributed by atoms with Crippen LogP contribution in [0.15, 0.2) is 39.7 Å². The van der Waals surface area contributed by atoms with Gasteiger partial charge in [-0.2, -0.15) is 9.67 Å². The number of hydrogen-bond acceptors (Lipinski definition) is 8. The molecule has 2 aliphatic heterocycles. The van der Waals surface area contributed by atoms with E-state index in [9.17, 15) is 18.4 Å². The first-order chi connectivity index (χ1) is 16.4. The fraction of sp³-hybridized carbons (Fsp3) is 0.409. The highest BCUT2D eigenvalue weighted by atomic mass is 19.3. The number of carbonyl (C=O) groups is 1. The first kappa shape index (κ1) is 22.0. The van der Waals surface area contributed by atoms with E-state index in [1.165, 1.54) is 0 Å². The highest BCUT2D eigenvalue weighted by molar-refractivity contribution is 6.10. The summed E-state index contributed by atoms with van der Waals surface area (Å²) in [5, 5.41) is 6.97. The quantitative estimate of drug-likeness (QED) is 0.584. The summed E-state index contributed by atoms with van der Waals surface area (Å²) in [7, 11) is 0. The lowest BCUT2D eigenvalue weighted by Gasteiger charge is -2.27. The molecule has 34 heavy (non-hydrogen) atoms. The summed E-state index contributed by atoms with van der Waals surface area (Å²) in [4.78, 5) is 38.2. The molecule has 0 saturated carbocycles. The van der Waals surface area contributed by atoms with Crippen LogP contribution in [0.25, 0.3) is 11.5 Å². The second kappa shape index (κ2) is 8.84. The van der Waals surface area contributed by atoms with Crippen molar-refractivity contribution in [1.82, 2.24) is 19.7 Å². The molecule has 3 aromatic rings. The zero-order valence-electron chi connectivity index (χ0n) is 18.4. The van der Waals surface area contributed by atoms with E-state index in [0.29, 0.717) is 46.4 Å². The normalized spacial score (nSPS) is 17.6. The summed E-state index contributed by atoms with van der Waals surface area (Å²) in [6.45, 7) is 3.01. The van der Waals surface area contributed by atoms with E-state index in [1.807, 2.05) is 6.92 Å². The van der Waals surface area contributed by atoms with Crippen LogP contribution in [-0.4, -0.2) is 57.8 Å². The number of alkyl halides is 2. The summed E-state index contributed by atoms with van der Waals surface area (Å²) >= 11 is 0. The van der Waals surface area contributed by atoms with Gasteiger partial charge in [-0.25, -0.2) is 18.6 Å². The van der Waals surface area contributed by atoms with E-state index in [2.05, 4.69) is 25.3 Å². The molecule has 1 fully saturated rings. The van der Waals surface area contributed by atoms with Crippen LogP contribution in [0.1, 0.15) is 30.1 Å². The average molecular weight is 471 g/mol. The van der Waals surface area contributed by atoms with Crippen LogP contribution in [0.5, 0.6) is 0 Å². The van der Waals surface area contributed by atoms with Gasteiger partial charge in [0, 0.05) is 43.1 Å². The van der Waals surface area contributed by atoms with E-state index in [4.69, 9.17) is 4.42 Å². The molecular formula is C22H23F2N7O3. The van der Waals surface area contributed by atoms with Gasteiger partial charge in [-0.15, -0.1) is 5.10 Å². The second-order valence-electron chi connectivity index (χ2n) is 8.16. The molecule has 0 spiro atoms. The van der Waals surface area contributed by atoms with Gasteiger partial charge in [0.15, 0.2) is 0 Å². The van der Waals surface area contributed by atoms with Crippen LogP contribution in [0, 0.1) is 0 Å². The molecule has 178 valence electrons. The molecule has 1 unspecified atom stereocenters. The third kappa shape index (κ3) is 3.99. The van der Waals surface area contributed by atoms with Gasteiger partial charge in [0.2, 0.25) is 11.8 Å². The summed E-state index contributed by atoms with van der Waals surface area (Å²) < 4.78 is 31.1. The van der Waals surface area contributed by atoms with Crippen LogP contribution < -0.4 is 20.9 Å². The summed E-state index contributed by atoms with van der Waals surface area (Å²) in [5.74, 6) is -0.195. The highest BCUT2D eigenvalue weighted by Crippen LogP contribution is 2.34. The van der Waals surface area contributed by atoms with Gasteiger partial charge in [0.05, 0.1) is 0 Å². The Morgan fingerprint density at radius 1 is 1.29 bits per heavy atom. The molecule has 2 aliphatic rings. The summed E-state index contributed by atoms with van der Waals surface area (Å²) in [6, 6.07) is 6.86. The van der Waals surface area contributed by atoms with Crippen LogP contribution in [-0.2, 0) is 6.54 Å².